The normalized spacial score (nSPS) is 17.8. The first-order valence-corrected chi connectivity index (χ1v) is 5.01. The van der Waals surface area contributed by atoms with Crippen LogP contribution >= 0.6 is 0 Å². The van der Waals surface area contributed by atoms with Gasteiger partial charge in [0.05, 0.1) is 0 Å². The van der Waals surface area contributed by atoms with Crippen molar-refractivity contribution >= 4 is 54.9 Å². The number of rotatable bonds is 4. The van der Waals surface area contributed by atoms with E-state index < -0.39 is 5.97 Å². The minimum Gasteiger partial charge on any atom is -0.481 e. The van der Waals surface area contributed by atoms with Crippen molar-refractivity contribution < 1.29 is 9.90 Å². The molecule has 72 valence electrons. The minimum absolute atomic E-state index is 0. The van der Waals surface area contributed by atoms with Crippen molar-refractivity contribution in [1.82, 2.24) is 0 Å². The molecule has 0 aromatic rings. The van der Waals surface area contributed by atoms with Crippen LogP contribution in [0, 0.1) is 5.92 Å². The summed E-state index contributed by atoms with van der Waals surface area (Å²) < 4.78 is 0. The minimum atomic E-state index is -0.647. The van der Waals surface area contributed by atoms with Crippen LogP contribution in [0.3, 0.4) is 0 Å². The summed E-state index contributed by atoms with van der Waals surface area (Å²) in [7, 11) is 0. The molecule has 2 nitrogen and oxygen atoms in total. The van der Waals surface area contributed by atoms with Crippen molar-refractivity contribution in [3.8, 4) is 0 Å². The van der Waals surface area contributed by atoms with Crippen LogP contribution in [-0.4, -0.2) is 60.0 Å². The molecular weight excluding hydrogens is 289 g/mol. The predicted molar refractivity (Wildman–Crippen MR) is 53.8 cm³/mol. The molecule has 0 amide bonds. The third kappa shape index (κ3) is 7.03. The number of carboxylic acid groups (broad SMARTS) is 1. The van der Waals surface area contributed by atoms with Crippen molar-refractivity contribution in [2.24, 2.45) is 5.92 Å². The summed E-state index contributed by atoms with van der Waals surface area (Å²) >= 11 is 0. The Bertz CT molecular complexity index is 142. The zero-order chi connectivity index (χ0) is 8.81. The Balaban J connectivity index is 0.00000144. The Kier molecular flexibility index (Phi) is 9.03. The maximum atomic E-state index is 10.2. The fourth-order valence-electron chi connectivity index (χ4n) is 2.02. The molecule has 1 fully saturated rings. The van der Waals surface area contributed by atoms with Crippen LogP contribution in [0.2, 0.25) is 0 Å². The molecule has 1 rings (SSSR count). The molecule has 2 radical (unpaired) electrons. The van der Waals surface area contributed by atoms with Gasteiger partial charge >= 0.3 is 5.97 Å². The fourth-order valence-corrected chi connectivity index (χ4v) is 2.02. The molecular formula is C10H18BaO2. The average Bonchev–Trinajstić information content (AvgIpc) is 2.05. The molecule has 0 bridgehead atoms. The smallest absolute Gasteiger partial charge is 0.303 e. The maximum Gasteiger partial charge on any atom is 0.303 e. The van der Waals surface area contributed by atoms with Crippen LogP contribution in [0.1, 0.15) is 51.4 Å². The van der Waals surface area contributed by atoms with Crippen molar-refractivity contribution in [2.75, 3.05) is 0 Å². The number of hydrogen-bond acceptors (Lipinski definition) is 1. The van der Waals surface area contributed by atoms with Crippen LogP contribution in [0.25, 0.3) is 0 Å². The summed E-state index contributed by atoms with van der Waals surface area (Å²) in [4.78, 5) is 10.2. The van der Waals surface area contributed by atoms with Crippen LogP contribution in [0.5, 0.6) is 0 Å². The predicted octanol–water partition coefficient (Wildman–Crippen LogP) is 2.44. The van der Waals surface area contributed by atoms with E-state index in [1.165, 1.54) is 32.1 Å². The number of carboxylic acids is 1. The molecule has 0 aromatic carbocycles. The van der Waals surface area contributed by atoms with Gasteiger partial charge in [-0.1, -0.05) is 32.1 Å². The number of aliphatic carboxylic acids is 1. The van der Waals surface area contributed by atoms with Gasteiger partial charge < -0.3 is 5.11 Å². The van der Waals surface area contributed by atoms with E-state index in [9.17, 15) is 4.79 Å². The van der Waals surface area contributed by atoms with Crippen LogP contribution in [-0.2, 0) is 4.79 Å². The van der Waals surface area contributed by atoms with Gasteiger partial charge in [0, 0.05) is 55.3 Å². The van der Waals surface area contributed by atoms with E-state index in [0.29, 0.717) is 6.42 Å². The van der Waals surface area contributed by atoms with Gasteiger partial charge in [0.25, 0.3) is 0 Å². The average molecular weight is 308 g/mol. The van der Waals surface area contributed by atoms with Gasteiger partial charge in [0.2, 0.25) is 0 Å². The van der Waals surface area contributed by atoms with Crippen LogP contribution < -0.4 is 0 Å². The molecule has 1 N–H and O–H groups in total. The quantitative estimate of drug-likeness (QED) is 0.810. The number of carbonyl (C=O) groups is 1. The van der Waals surface area contributed by atoms with Gasteiger partial charge in [0.1, 0.15) is 0 Å². The van der Waals surface area contributed by atoms with Gasteiger partial charge in [-0.15, -0.1) is 0 Å². The van der Waals surface area contributed by atoms with Gasteiger partial charge in [-0.3, -0.25) is 4.79 Å². The molecule has 0 aromatic heterocycles. The molecule has 13 heavy (non-hydrogen) atoms. The van der Waals surface area contributed by atoms with Gasteiger partial charge in [-0.05, 0) is 18.8 Å². The molecule has 1 saturated carbocycles. The van der Waals surface area contributed by atoms with Gasteiger partial charge in [-0.2, -0.15) is 0 Å². The van der Waals surface area contributed by atoms with E-state index in [-0.39, 0.29) is 48.9 Å². The van der Waals surface area contributed by atoms with Gasteiger partial charge in [0.15, 0.2) is 0 Å². The molecule has 0 saturated heterocycles. The summed E-state index contributed by atoms with van der Waals surface area (Å²) in [5, 5.41) is 8.44. The molecule has 0 heterocycles. The van der Waals surface area contributed by atoms with E-state index in [4.69, 9.17) is 5.11 Å². The topological polar surface area (TPSA) is 37.3 Å². The van der Waals surface area contributed by atoms with E-state index in [0.717, 1.165) is 18.8 Å². The first-order chi connectivity index (χ1) is 5.79. The zero-order valence-electron chi connectivity index (χ0n) is 8.30. The summed E-state index contributed by atoms with van der Waals surface area (Å²) in [5.74, 6) is 0.184. The van der Waals surface area contributed by atoms with Gasteiger partial charge in [-0.25, -0.2) is 0 Å². The first-order valence-electron chi connectivity index (χ1n) is 5.01. The summed E-state index contributed by atoms with van der Waals surface area (Å²) in [6.45, 7) is 0. The molecule has 0 spiro atoms. The SMILES string of the molecule is O=C(O)CCCC1CCCCC1.[Ba]. The van der Waals surface area contributed by atoms with Crippen LogP contribution in [0.4, 0.5) is 0 Å². The van der Waals surface area contributed by atoms with Crippen molar-refractivity contribution in [3.05, 3.63) is 0 Å². The van der Waals surface area contributed by atoms with E-state index >= 15 is 0 Å². The number of hydrogen-bond donors (Lipinski definition) is 1. The standard InChI is InChI=1S/C10H18O2.Ba/c11-10(12)8-4-7-9-5-2-1-3-6-9;/h9H,1-8H2,(H,11,12);. The first kappa shape index (κ1) is 14.0. The summed E-state index contributed by atoms with van der Waals surface area (Å²) in [6.07, 6.45) is 9.13. The maximum absolute atomic E-state index is 10.2. The second-order valence-corrected chi connectivity index (χ2v) is 3.79. The zero-order valence-corrected chi connectivity index (χ0v) is 12.7. The van der Waals surface area contributed by atoms with E-state index in [1.54, 1.807) is 0 Å². The Morgan fingerprint density at radius 1 is 1.23 bits per heavy atom. The monoisotopic (exact) mass is 308 g/mol. The van der Waals surface area contributed by atoms with E-state index in [2.05, 4.69) is 0 Å². The van der Waals surface area contributed by atoms with Crippen molar-refractivity contribution in [1.29, 1.82) is 0 Å². The third-order valence-corrected chi connectivity index (χ3v) is 2.73. The second kappa shape index (κ2) is 8.36. The fraction of sp³-hybridized carbons (Fsp3) is 0.900. The van der Waals surface area contributed by atoms with Crippen molar-refractivity contribution in [3.63, 3.8) is 0 Å². The summed E-state index contributed by atoms with van der Waals surface area (Å²) in [6, 6.07) is 0. The molecule has 0 unspecified atom stereocenters. The Labute approximate surface area is 121 Å². The Morgan fingerprint density at radius 2 is 1.85 bits per heavy atom. The Morgan fingerprint density at radius 3 is 2.38 bits per heavy atom. The summed E-state index contributed by atoms with van der Waals surface area (Å²) in [5.41, 5.74) is 0. The van der Waals surface area contributed by atoms with Crippen molar-refractivity contribution in [2.45, 2.75) is 51.4 Å². The molecule has 0 aliphatic heterocycles. The molecule has 0 atom stereocenters. The Hall–Kier alpha value is 1.04. The second-order valence-electron chi connectivity index (χ2n) is 3.79. The van der Waals surface area contributed by atoms with Crippen LogP contribution in [0.15, 0.2) is 0 Å². The third-order valence-electron chi connectivity index (χ3n) is 2.73. The molecule has 1 aliphatic rings. The molecule has 1 aliphatic carbocycles. The largest absolute Gasteiger partial charge is 0.481 e. The van der Waals surface area contributed by atoms with E-state index in [1.807, 2.05) is 0 Å². The molecule has 3 heteroatoms.